The van der Waals surface area contributed by atoms with Crippen molar-refractivity contribution in [2.45, 2.75) is 18.1 Å². The van der Waals surface area contributed by atoms with Crippen LogP contribution in [-0.2, 0) is 19.1 Å². The van der Waals surface area contributed by atoms with Crippen molar-refractivity contribution in [3.8, 4) is 0 Å². The van der Waals surface area contributed by atoms with Gasteiger partial charge in [0.25, 0.3) is 0 Å². The molecule has 88 valence electrons. The maximum atomic E-state index is 10.9. The van der Waals surface area contributed by atoms with Gasteiger partial charge < -0.3 is 14.3 Å². The van der Waals surface area contributed by atoms with Crippen LogP contribution in [-0.4, -0.2) is 42.2 Å². The number of aldehydes is 1. The lowest BCUT2D eigenvalue weighted by molar-refractivity contribution is -0.137. The van der Waals surface area contributed by atoms with Gasteiger partial charge in [-0.25, -0.2) is 0 Å². The average molecular weight is 252 g/mol. The second-order valence-corrected chi connectivity index (χ2v) is 4.98. The predicted molar refractivity (Wildman–Crippen MR) is 63.0 cm³/mol. The Morgan fingerprint density at radius 1 is 1.47 bits per heavy atom. The van der Waals surface area contributed by atoms with E-state index in [-0.39, 0.29) is 16.5 Å². The molecule has 6 heteroatoms. The van der Waals surface area contributed by atoms with Crippen LogP contribution >= 0.6 is 23.5 Å². The predicted octanol–water partition coefficient (Wildman–Crippen LogP) is 1.53. The van der Waals surface area contributed by atoms with Gasteiger partial charge >= 0.3 is 5.97 Å². The second-order valence-electron chi connectivity index (χ2n) is 2.46. The van der Waals surface area contributed by atoms with Gasteiger partial charge in [-0.1, -0.05) is 0 Å². The third kappa shape index (κ3) is 8.77. The Bertz CT molecular complexity index is 187. The molecule has 0 amide bonds. The average Bonchev–Trinajstić information content (AvgIpc) is 2.25. The standard InChI is InChI=1S/C9H16O4S2/c1-3-13-9(14-6-4-5-10)15-7-8(11)12-2/h5,9H,3-4,6-7H2,1-2H3. The van der Waals surface area contributed by atoms with Crippen molar-refractivity contribution < 1.29 is 19.1 Å². The molecule has 0 aliphatic rings. The van der Waals surface area contributed by atoms with E-state index in [4.69, 9.17) is 4.74 Å². The zero-order chi connectivity index (χ0) is 11.5. The van der Waals surface area contributed by atoms with Crippen molar-refractivity contribution in [1.29, 1.82) is 0 Å². The van der Waals surface area contributed by atoms with Gasteiger partial charge in [-0.3, -0.25) is 4.79 Å². The lowest BCUT2D eigenvalue weighted by atomic mass is 10.6. The minimum atomic E-state index is -0.263. The van der Waals surface area contributed by atoms with Gasteiger partial charge in [0.15, 0.2) is 0 Å². The molecule has 0 saturated heterocycles. The number of thioether (sulfide) groups is 2. The molecule has 0 aromatic carbocycles. The summed E-state index contributed by atoms with van der Waals surface area (Å²) in [6.07, 6.45) is 1.38. The third-order valence-electron chi connectivity index (χ3n) is 1.36. The lowest BCUT2D eigenvalue weighted by Crippen LogP contribution is -2.11. The van der Waals surface area contributed by atoms with Crippen LogP contribution < -0.4 is 0 Å². The summed E-state index contributed by atoms with van der Waals surface area (Å²) in [5.41, 5.74) is 0. The molecule has 15 heavy (non-hydrogen) atoms. The molecule has 0 radical (unpaired) electrons. The molecular formula is C9H16O4S2. The largest absolute Gasteiger partial charge is 0.468 e. The van der Waals surface area contributed by atoms with Crippen LogP contribution in [0.25, 0.3) is 0 Å². The van der Waals surface area contributed by atoms with Crippen molar-refractivity contribution in [1.82, 2.24) is 0 Å². The highest BCUT2D eigenvalue weighted by Gasteiger charge is 2.12. The van der Waals surface area contributed by atoms with E-state index in [9.17, 15) is 9.59 Å². The number of methoxy groups -OCH3 is 1. The number of hydrogen-bond donors (Lipinski definition) is 0. The zero-order valence-electron chi connectivity index (χ0n) is 8.93. The van der Waals surface area contributed by atoms with Crippen LogP contribution in [0.1, 0.15) is 13.3 Å². The summed E-state index contributed by atoms with van der Waals surface area (Å²) in [7, 11) is 1.36. The minimum absolute atomic E-state index is 0.103. The fraction of sp³-hybridized carbons (Fsp3) is 0.778. The van der Waals surface area contributed by atoms with E-state index in [2.05, 4.69) is 4.74 Å². The van der Waals surface area contributed by atoms with Crippen molar-refractivity contribution >= 4 is 35.8 Å². The molecule has 4 nitrogen and oxygen atoms in total. The Morgan fingerprint density at radius 2 is 2.20 bits per heavy atom. The maximum absolute atomic E-state index is 10.9. The number of ether oxygens (including phenoxy) is 2. The molecule has 0 spiro atoms. The first-order valence-corrected chi connectivity index (χ1v) is 6.69. The first-order chi connectivity index (χ1) is 7.24. The van der Waals surface area contributed by atoms with Crippen LogP contribution in [0.5, 0.6) is 0 Å². The number of esters is 1. The van der Waals surface area contributed by atoms with Gasteiger partial charge in [0.05, 0.1) is 12.9 Å². The lowest BCUT2D eigenvalue weighted by Gasteiger charge is -2.14. The molecule has 0 fully saturated rings. The number of hydrogen-bond acceptors (Lipinski definition) is 6. The molecule has 0 N–H and O–H groups in total. The van der Waals surface area contributed by atoms with Crippen molar-refractivity contribution in [3.63, 3.8) is 0 Å². The molecule has 0 saturated carbocycles. The summed E-state index contributed by atoms with van der Waals surface area (Å²) in [5, 5.41) is 0. The summed E-state index contributed by atoms with van der Waals surface area (Å²) in [4.78, 5) is 21.0. The zero-order valence-corrected chi connectivity index (χ0v) is 10.6. The monoisotopic (exact) mass is 252 g/mol. The summed E-state index contributed by atoms with van der Waals surface area (Å²) in [6.45, 7) is 2.49. The Balaban J connectivity index is 3.71. The highest BCUT2D eigenvalue weighted by atomic mass is 32.2. The van der Waals surface area contributed by atoms with E-state index in [0.29, 0.717) is 18.8 Å². The molecule has 0 heterocycles. The van der Waals surface area contributed by atoms with E-state index < -0.39 is 0 Å². The SMILES string of the molecule is CCOC(SCCC=O)SCC(=O)OC. The quantitative estimate of drug-likeness (QED) is 0.268. The third-order valence-corrected chi connectivity index (χ3v) is 3.86. The molecule has 0 bridgehead atoms. The van der Waals surface area contributed by atoms with Crippen LogP contribution in [0.4, 0.5) is 0 Å². The summed E-state index contributed by atoms with van der Waals surface area (Å²) in [5.74, 6) is 0.720. The van der Waals surface area contributed by atoms with Crippen molar-refractivity contribution in [2.75, 3.05) is 25.2 Å². The Hall–Kier alpha value is -0.200. The Labute approximate surface area is 98.5 Å². The van der Waals surface area contributed by atoms with Gasteiger partial charge in [-0.2, -0.15) is 0 Å². The molecule has 0 aromatic rings. The number of carbonyl (C=O) groups excluding carboxylic acids is 2. The Kier molecular flexibility index (Phi) is 10.2. The second kappa shape index (κ2) is 10.3. The van der Waals surface area contributed by atoms with Crippen molar-refractivity contribution in [3.05, 3.63) is 0 Å². The van der Waals surface area contributed by atoms with E-state index in [1.807, 2.05) is 6.92 Å². The number of rotatable bonds is 9. The fourth-order valence-corrected chi connectivity index (χ4v) is 2.84. The van der Waals surface area contributed by atoms with E-state index in [0.717, 1.165) is 6.29 Å². The smallest absolute Gasteiger partial charge is 0.315 e. The van der Waals surface area contributed by atoms with Crippen LogP contribution in [0.3, 0.4) is 0 Å². The topological polar surface area (TPSA) is 52.6 Å². The number of carbonyl (C=O) groups is 2. The molecule has 1 atom stereocenters. The highest BCUT2D eigenvalue weighted by Crippen LogP contribution is 2.25. The van der Waals surface area contributed by atoms with Crippen LogP contribution in [0.2, 0.25) is 0 Å². The molecule has 0 aromatic heterocycles. The highest BCUT2D eigenvalue weighted by molar-refractivity contribution is 8.17. The molecule has 0 rings (SSSR count). The van der Waals surface area contributed by atoms with E-state index in [1.54, 1.807) is 0 Å². The maximum Gasteiger partial charge on any atom is 0.315 e. The van der Waals surface area contributed by atoms with Gasteiger partial charge in [0, 0.05) is 18.8 Å². The molecule has 0 aliphatic carbocycles. The molecular weight excluding hydrogens is 236 g/mol. The summed E-state index contributed by atoms with van der Waals surface area (Å²) < 4.78 is 9.81. The van der Waals surface area contributed by atoms with Crippen LogP contribution in [0, 0.1) is 0 Å². The van der Waals surface area contributed by atoms with Gasteiger partial charge in [0.1, 0.15) is 11.1 Å². The summed E-state index contributed by atoms with van der Waals surface area (Å²) >= 11 is 2.90. The minimum Gasteiger partial charge on any atom is -0.468 e. The first-order valence-electron chi connectivity index (χ1n) is 4.59. The van der Waals surface area contributed by atoms with Crippen LogP contribution in [0.15, 0.2) is 0 Å². The molecule has 1 unspecified atom stereocenters. The van der Waals surface area contributed by atoms with Gasteiger partial charge in [0.2, 0.25) is 0 Å². The van der Waals surface area contributed by atoms with Crippen molar-refractivity contribution in [2.24, 2.45) is 0 Å². The summed E-state index contributed by atoms with van der Waals surface area (Å²) in [6, 6.07) is 0. The van der Waals surface area contributed by atoms with E-state index in [1.165, 1.54) is 30.6 Å². The fourth-order valence-electron chi connectivity index (χ4n) is 0.688. The van der Waals surface area contributed by atoms with Gasteiger partial charge in [-0.15, -0.1) is 23.5 Å². The molecule has 0 aliphatic heterocycles. The first kappa shape index (κ1) is 14.8. The van der Waals surface area contributed by atoms with Gasteiger partial charge in [-0.05, 0) is 6.92 Å². The van der Waals surface area contributed by atoms with E-state index >= 15 is 0 Å². The normalized spacial score (nSPS) is 12.1. The Morgan fingerprint density at radius 3 is 2.73 bits per heavy atom.